The van der Waals surface area contributed by atoms with Gasteiger partial charge in [-0.05, 0) is 76.3 Å². The minimum Gasteiger partial charge on any atom is -0.362 e. The maximum absolute atomic E-state index is 12.6. The van der Waals surface area contributed by atoms with E-state index in [1.807, 2.05) is 69.9 Å². The Balaban J connectivity index is 1.61. The highest BCUT2D eigenvalue weighted by Crippen LogP contribution is 2.30. The molecule has 33 heavy (non-hydrogen) atoms. The zero-order valence-electron chi connectivity index (χ0n) is 20.2. The number of amides is 3. The minimum absolute atomic E-state index is 0.0532. The third-order valence-corrected chi connectivity index (χ3v) is 5.73. The molecule has 0 unspecified atom stereocenters. The second-order valence-corrected chi connectivity index (χ2v) is 9.06. The fourth-order valence-electron chi connectivity index (χ4n) is 4.39. The molecule has 2 aromatic carbocycles. The zero-order chi connectivity index (χ0) is 24.1. The SMILES string of the molecule is Cc1cc(C)c(NC(=O)CNC(=O)CN2CCCc3c(C(=O)NC(C)C)cccc32)c(C)c1. The van der Waals surface area contributed by atoms with Crippen LogP contribution in [-0.4, -0.2) is 43.4 Å². The van der Waals surface area contributed by atoms with Crippen LogP contribution >= 0.6 is 0 Å². The van der Waals surface area contributed by atoms with Crippen molar-refractivity contribution in [3.8, 4) is 0 Å². The Kier molecular flexibility index (Phi) is 7.74. The van der Waals surface area contributed by atoms with Crippen molar-refractivity contribution in [3.63, 3.8) is 0 Å². The van der Waals surface area contributed by atoms with Crippen molar-refractivity contribution in [1.29, 1.82) is 0 Å². The topological polar surface area (TPSA) is 90.5 Å². The van der Waals surface area contributed by atoms with E-state index in [2.05, 4.69) is 16.0 Å². The quantitative estimate of drug-likeness (QED) is 0.604. The lowest BCUT2D eigenvalue weighted by Crippen LogP contribution is -2.42. The molecule has 3 N–H and O–H groups in total. The molecule has 0 bridgehead atoms. The van der Waals surface area contributed by atoms with Gasteiger partial charge in [0.25, 0.3) is 5.91 Å². The first-order valence-corrected chi connectivity index (χ1v) is 11.5. The number of anilines is 2. The molecule has 0 spiro atoms. The number of nitrogens with zero attached hydrogens (tertiary/aromatic N) is 1. The van der Waals surface area contributed by atoms with Gasteiger partial charge in [-0.25, -0.2) is 0 Å². The maximum atomic E-state index is 12.6. The summed E-state index contributed by atoms with van der Waals surface area (Å²) >= 11 is 0. The molecule has 3 amide bonds. The number of hydrogen-bond donors (Lipinski definition) is 3. The molecular formula is C26H34N4O3. The smallest absolute Gasteiger partial charge is 0.251 e. The predicted octanol–water partition coefficient (Wildman–Crippen LogP) is 3.26. The Hall–Kier alpha value is -3.35. The summed E-state index contributed by atoms with van der Waals surface area (Å²) in [6, 6.07) is 9.72. The molecule has 0 aliphatic carbocycles. The van der Waals surface area contributed by atoms with Crippen LogP contribution in [-0.2, 0) is 16.0 Å². The van der Waals surface area contributed by atoms with Gasteiger partial charge in [0, 0.05) is 29.5 Å². The van der Waals surface area contributed by atoms with Crippen LogP contribution in [0.5, 0.6) is 0 Å². The summed E-state index contributed by atoms with van der Waals surface area (Å²) in [7, 11) is 0. The molecule has 0 saturated heterocycles. The molecule has 7 nitrogen and oxygen atoms in total. The lowest BCUT2D eigenvalue weighted by atomic mass is 9.95. The molecule has 1 heterocycles. The number of nitrogens with one attached hydrogen (secondary N) is 3. The van der Waals surface area contributed by atoms with Crippen molar-refractivity contribution in [2.24, 2.45) is 0 Å². The molecule has 3 rings (SSSR count). The van der Waals surface area contributed by atoms with E-state index in [0.717, 1.165) is 53.0 Å². The van der Waals surface area contributed by atoms with Crippen LogP contribution in [0.25, 0.3) is 0 Å². The summed E-state index contributed by atoms with van der Waals surface area (Å²) in [4.78, 5) is 39.6. The molecule has 0 saturated carbocycles. The number of hydrogen-bond acceptors (Lipinski definition) is 4. The molecular weight excluding hydrogens is 416 g/mol. The Morgan fingerprint density at radius 1 is 1.03 bits per heavy atom. The first-order chi connectivity index (χ1) is 15.7. The molecule has 1 aliphatic heterocycles. The summed E-state index contributed by atoms with van der Waals surface area (Å²) in [6.45, 7) is 10.6. The van der Waals surface area contributed by atoms with Gasteiger partial charge in [0.1, 0.15) is 0 Å². The molecule has 7 heteroatoms. The van der Waals surface area contributed by atoms with Crippen molar-refractivity contribution >= 4 is 29.1 Å². The van der Waals surface area contributed by atoms with E-state index < -0.39 is 0 Å². The molecule has 0 fully saturated rings. The van der Waals surface area contributed by atoms with Crippen molar-refractivity contribution in [3.05, 3.63) is 58.1 Å². The number of carbonyl (C=O) groups is 3. The molecule has 0 aromatic heterocycles. The third kappa shape index (κ3) is 6.12. The van der Waals surface area contributed by atoms with Crippen molar-refractivity contribution in [1.82, 2.24) is 10.6 Å². The predicted molar refractivity (Wildman–Crippen MR) is 132 cm³/mol. The average Bonchev–Trinajstić information content (AvgIpc) is 2.74. The first-order valence-electron chi connectivity index (χ1n) is 11.5. The van der Waals surface area contributed by atoms with Crippen LogP contribution in [0.3, 0.4) is 0 Å². The highest BCUT2D eigenvalue weighted by atomic mass is 16.2. The highest BCUT2D eigenvalue weighted by Gasteiger charge is 2.24. The van der Waals surface area contributed by atoms with Crippen LogP contribution in [0.2, 0.25) is 0 Å². The summed E-state index contributed by atoms with van der Waals surface area (Å²) in [5.74, 6) is -0.580. The van der Waals surface area contributed by atoms with E-state index in [9.17, 15) is 14.4 Å². The van der Waals surface area contributed by atoms with Gasteiger partial charge in [0.2, 0.25) is 11.8 Å². The van der Waals surface area contributed by atoms with Gasteiger partial charge in [0.15, 0.2) is 0 Å². The van der Waals surface area contributed by atoms with E-state index in [1.54, 1.807) is 0 Å². The van der Waals surface area contributed by atoms with Crippen LogP contribution < -0.4 is 20.9 Å². The molecule has 0 radical (unpaired) electrons. The maximum Gasteiger partial charge on any atom is 0.251 e. The zero-order valence-corrected chi connectivity index (χ0v) is 20.2. The van der Waals surface area contributed by atoms with Crippen LogP contribution in [0.4, 0.5) is 11.4 Å². The number of fused-ring (bicyclic) bond motifs is 1. The van der Waals surface area contributed by atoms with Crippen LogP contribution in [0.1, 0.15) is 52.9 Å². The monoisotopic (exact) mass is 450 g/mol. The van der Waals surface area contributed by atoms with E-state index in [4.69, 9.17) is 0 Å². The van der Waals surface area contributed by atoms with Gasteiger partial charge < -0.3 is 20.9 Å². The van der Waals surface area contributed by atoms with Crippen molar-refractivity contribution in [2.45, 2.75) is 53.5 Å². The Bertz CT molecular complexity index is 1040. The van der Waals surface area contributed by atoms with Crippen molar-refractivity contribution in [2.75, 3.05) is 29.9 Å². The normalized spacial score (nSPS) is 12.8. The van der Waals surface area contributed by atoms with E-state index in [-0.39, 0.29) is 36.9 Å². The minimum atomic E-state index is -0.259. The Labute approximate surface area is 195 Å². The van der Waals surface area contributed by atoms with E-state index >= 15 is 0 Å². The third-order valence-electron chi connectivity index (χ3n) is 5.73. The standard InChI is InChI=1S/C26H34N4O3/c1-16(2)28-26(33)21-8-6-10-22-20(21)9-7-11-30(22)15-24(32)27-14-23(31)29-25-18(4)12-17(3)13-19(25)5/h6,8,10,12-13,16H,7,9,11,14-15H2,1-5H3,(H,27,32)(H,28,33)(H,29,31). The van der Waals surface area contributed by atoms with Gasteiger partial charge in [0.05, 0.1) is 13.1 Å². The summed E-state index contributed by atoms with van der Waals surface area (Å²) in [5, 5.41) is 8.57. The van der Waals surface area contributed by atoms with Gasteiger partial charge >= 0.3 is 0 Å². The molecule has 1 aliphatic rings. The van der Waals surface area contributed by atoms with Crippen LogP contribution in [0, 0.1) is 20.8 Å². The van der Waals surface area contributed by atoms with Gasteiger partial charge in [-0.1, -0.05) is 23.8 Å². The average molecular weight is 451 g/mol. The first kappa shape index (κ1) is 24.3. The number of carbonyl (C=O) groups excluding carboxylic acids is 3. The van der Waals surface area contributed by atoms with Gasteiger partial charge in [-0.3, -0.25) is 14.4 Å². The Morgan fingerprint density at radius 3 is 2.39 bits per heavy atom. The lowest BCUT2D eigenvalue weighted by Gasteiger charge is -2.32. The lowest BCUT2D eigenvalue weighted by molar-refractivity contribution is -0.123. The summed E-state index contributed by atoms with van der Waals surface area (Å²) in [5.41, 5.74) is 6.46. The van der Waals surface area contributed by atoms with Crippen molar-refractivity contribution < 1.29 is 14.4 Å². The fraction of sp³-hybridized carbons (Fsp3) is 0.423. The van der Waals surface area contributed by atoms with E-state index in [0.29, 0.717) is 5.56 Å². The second-order valence-electron chi connectivity index (χ2n) is 9.06. The highest BCUT2D eigenvalue weighted by molar-refractivity contribution is 5.98. The fourth-order valence-corrected chi connectivity index (χ4v) is 4.39. The number of benzene rings is 2. The summed E-state index contributed by atoms with van der Waals surface area (Å²) < 4.78 is 0. The second kappa shape index (κ2) is 10.5. The molecule has 2 aromatic rings. The van der Waals surface area contributed by atoms with E-state index in [1.165, 1.54) is 0 Å². The molecule has 0 atom stereocenters. The number of aryl methyl sites for hydroxylation is 3. The molecule has 176 valence electrons. The Morgan fingerprint density at radius 2 is 1.73 bits per heavy atom. The summed E-state index contributed by atoms with van der Waals surface area (Å²) in [6.07, 6.45) is 1.66. The van der Waals surface area contributed by atoms with Gasteiger partial charge in [-0.2, -0.15) is 0 Å². The number of rotatable bonds is 7. The van der Waals surface area contributed by atoms with Crippen LogP contribution in [0.15, 0.2) is 30.3 Å². The largest absolute Gasteiger partial charge is 0.362 e. The van der Waals surface area contributed by atoms with Gasteiger partial charge in [-0.15, -0.1) is 0 Å².